The molecule has 1 aromatic carbocycles. The summed E-state index contributed by atoms with van der Waals surface area (Å²) in [5.41, 5.74) is -0.751. The van der Waals surface area contributed by atoms with Gasteiger partial charge in [0.05, 0.1) is 11.6 Å². The van der Waals surface area contributed by atoms with Gasteiger partial charge >= 0.3 is 5.97 Å². The highest BCUT2D eigenvalue weighted by molar-refractivity contribution is 6.35. The predicted molar refractivity (Wildman–Crippen MR) is 81.6 cm³/mol. The molecule has 5 nitrogen and oxygen atoms in total. The summed E-state index contributed by atoms with van der Waals surface area (Å²) in [5, 5.41) is 12.4. The van der Waals surface area contributed by atoms with Crippen LogP contribution in [0, 0.1) is 17.2 Å². The summed E-state index contributed by atoms with van der Waals surface area (Å²) in [6, 6.07) is 6.39. The number of benzene rings is 1. The Hall–Kier alpha value is -1.77. The molecule has 1 saturated carbocycles. The van der Waals surface area contributed by atoms with Crippen molar-refractivity contribution in [3.63, 3.8) is 0 Å². The molecule has 1 N–H and O–H groups in total. The van der Waals surface area contributed by atoms with Gasteiger partial charge in [-0.25, -0.2) is 4.79 Å². The van der Waals surface area contributed by atoms with E-state index in [-0.39, 0.29) is 11.5 Å². The van der Waals surface area contributed by atoms with Crippen molar-refractivity contribution in [2.75, 3.05) is 6.61 Å². The molecule has 7 heteroatoms. The first-order chi connectivity index (χ1) is 10.3. The van der Waals surface area contributed by atoms with Gasteiger partial charge in [0.1, 0.15) is 5.54 Å². The van der Waals surface area contributed by atoms with Crippen LogP contribution in [0.5, 0.6) is 0 Å². The number of hydrogen-bond donors (Lipinski definition) is 1. The Labute approximate surface area is 138 Å². The largest absolute Gasteiger partial charge is 0.452 e. The maximum absolute atomic E-state index is 11.9. The molecule has 0 radical (unpaired) electrons. The summed E-state index contributed by atoms with van der Waals surface area (Å²) >= 11 is 11.6. The Kier molecular flexibility index (Phi) is 4.94. The van der Waals surface area contributed by atoms with E-state index in [0.717, 1.165) is 12.8 Å². The first-order valence-electron chi connectivity index (χ1n) is 6.69. The molecule has 0 spiro atoms. The summed E-state index contributed by atoms with van der Waals surface area (Å²) in [6.07, 6.45) is 1.82. The third-order valence-corrected chi connectivity index (χ3v) is 3.89. The second-order valence-corrected chi connectivity index (χ2v) is 6.24. The van der Waals surface area contributed by atoms with Crippen LogP contribution in [0.15, 0.2) is 18.2 Å². The van der Waals surface area contributed by atoms with Gasteiger partial charge in [-0.1, -0.05) is 23.2 Å². The number of carbonyl (C=O) groups excluding carboxylic acids is 2. The summed E-state index contributed by atoms with van der Waals surface area (Å²) < 4.78 is 4.91. The van der Waals surface area contributed by atoms with Crippen molar-refractivity contribution in [2.24, 2.45) is 5.92 Å². The minimum absolute atomic E-state index is 0.156. The molecule has 0 unspecified atom stereocenters. The zero-order valence-corrected chi connectivity index (χ0v) is 13.4. The molecule has 116 valence electrons. The number of nitrogens with one attached hydrogen (secondary N) is 1. The van der Waals surface area contributed by atoms with Gasteiger partial charge in [-0.3, -0.25) is 4.79 Å². The summed E-state index contributed by atoms with van der Waals surface area (Å²) in [4.78, 5) is 23.7. The van der Waals surface area contributed by atoms with Crippen molar-refractivity contribution in [2.45, 2.75) is 25.3 Å². The van der Waals surface area contributed by atoms with Crippen LogP contribution in [0.25, 0.3) is 0 Å². The molecular formula is C15H14Cl2N2O3. The Bertz CT molecular complexity index is 632. The Morgan fingerprint density at radius 1 is 1.36 bits per heavy atom. The third-order valence-electron chi connectivity index (χ3n) is 3.46. The van der Waals surface area contributed by atoms with Gasteiger partial charge in [0.25, 0.3) is 5.91 Å². The number of carbonyl (C=O) groups is 2. The van der Waals surface area contributed by atoms with Gasteiger partial charge < -0.3 is 10.1 Å². The first kappa shape index (κ1) is 16.6. The van der Waals surface area contributed by atoms with Crippen molar-refractivity contribution in [1.82, 2.24) is 5.32 Å². The number of halogens is 2. The molecule has 1 aromatic rings. The van der Waals surface area contributed by atoms with Crippen LogP contribution in [0.2, 0.25) is 10.0 Å². The average molecular weight is 341 g/mol. The highest BCUT2D eigenvalue weighted by atomic mass is 35.5. The zero-order chi connectivity index (χ0) is 16.3. The molecule has 22 heavy (non-hydrogen) atoms. The van der Waals surface area contributed by atoms with Crippen LogP contribution in [-0.4, -0.2) is 24.0 Å². The van der Waals surface area contributed by atoms with E-state index in [1.165, 1.54) is 18.2 Å². The summed E-state index contributed by atoms with van der Waals surface area (Å²) in [7, 11) is 0. The number of nitriles is 1. The van der Waals surface area contributed by atoms with E-state index in [1.54, 1.807) is 6.92 Å². The number of amides is 1. The number of hydrogen-bond acceptors (Lipinski definition) is 4. The minimum Gasteiger partial charge on any atom is -0.452 e. The first-order valence-corrected chi connectivity index (χ1v) is 7.45. The molecule has 0 saturated heterocycles. The van der Waals surface area contributed by atoms with Crippen molar-refractivity contribution in [1.29, 1.82) is 5.26 Å². The van der Waals surface area contributed by atoms with E-state index in [4.69, 9.17) is 33.2 Å². The quantitative estimate of drug-likeness (QED) is 0.835. The maximum Gasteiger partial charge on any atom is 0.338 e. The molecule has 1 aliphatic carbocycles. The number of rotatable bonds is 5. The van der Waals surface area contributed by atoms with E-state index < -0.39 is 24.0 Å². The number of esters is 1. The fraction of sp³-hybridized carbons (Fsp3) is 0.400. The Morgan fingerprint density at radius 2 is 1.95 bits per heavy atom. The summed E-state index contributed by atoms with van der Waals surface area (Å²) in [6.45, 7) is 1.20. The highest BCUT2D eigenvalue weighted by Gasteiger charge is 2.43. The Balaban J connectivity index is 1.90. The lowest BCUT2D eigenvalue weighted by Crippen LogP contribution is -2.48. The predicted octanol–water partition coefficient (Wildman–Crippen LogP) is 2.96. The van der Waals surface area contributed by atoms with E-state index in [1.807, 2.05) is 0 Å². The molecule has 0 heterocycles. The van der Waals surface area contributed by atoms with Gasteiger partial charge in [0, 0.05) is 10.0 Å². The van der Waals surface area contributed by atoms with E-state index >= 15 is 0 Å². The molecule has 1 fully saturated rings. The topological polar surface area (TPSA) is 79.2 Å². The van der Waals surface area contributed by atoms with Crippen molar-refractivity contribution < 1.29 is 14.3 Å². The van der Waals surface area contributed by atoms with Crippen LogP contribution >= 0.6 is 23.2 Å². The zero-order valence-electron chi connectivity index (χ0n) is 11.9. The molecule has 1 atom stereocenters. The fourth-order valence-electron chi connectivity index (χ4n) is 2.09. The van der Waals surface area contributed by atoms with Crippen LogP contribution in [-0.2, 0) is 9.53 Å². The minimum atomic E-state index is -0.914. The summed E-state index contributed by atoms with van der Waals surface area (Å²) in [5.74, 6) is -1.06. The highest BCUT2D eigenvalue weighted by Crippen LogP contribution is 2.39. The lowest BCUT2D eigenvalue weighted by Gasteiger charge is -2.22. The number of ether oxygens (including phenoxy) is 1. The van der Waals surface area contributed by atoms with Crippen LogP contribution in [0.3, 0.4) is 0 Å². The van der Waals surface area contributed by atoms with Crippen molar-refractivity contribution >= 4 is 35.1 Å². The Morgan fingerprint density at radius 3 is 2.45 bits per heavy atom. The maximum atomic E-state index is 11.9. The van der Waals surface area contributed by atoms with Crippen molar-refractivity contribution in [3.8, 4) is 6.07 Å². The van der Waals surface area contributed by atoms with Gasteiger partial charge in [0.2, 0.25) is 0 Å². The molecule has 0 aromatic heterocycles. The molecule has 1 amide bonds. The molecule has 2 rings (SSSR count). The SMILES string of the molecule is C[C@](C#N)(NC(=O)COC(=O)c1cc(Cl)cc(Cl)c1)C1CC1. The average Bonchev–Trinajstić information content (AvgIpc) is 3.28. The normalized spacial score (nSPS) is 16.3. The monoisotopic (exact) mass is 340 g/mol. The second kappa shape index (κ2) is 6.55. The van der Waals surface area contributed by atoms with Crippen molar-refractivity contribution in [3.05, 3.63) is 33.8 Å². The van der Waals surface area contributed by atoms with E-state index in [0.29, 0.717) is 10.0 Å². The smallest absolute Gasteiger partial charge is 0.338 e. The van der Waals surface area contributed by atoms with Gasteiger partial charge in [0.15, 0.2) is 6.61 Å². The lowest BCUT2D eigenvalue weighted by atomic mass is 9.98. The molecule has 0 bridgehead atoms. The standard InChI is InChI=1S/C15H14Cl2N2O3/c1-15(8-18,10-2-3-10)19-13(20)7-22-14(21)9-4-11(16)6-12(17)5-9/h4-6,10H,2-3,7H2,1H3,(H,19,20)/t15-/m1/s1. The van der Waals surface area contributed by atoms with Crippen LogP contribution in [0.4, 0.5) is 0 Å². The van der Waals surface area contributed by atoms with E-state index in [2.05, 4.69) is 11.4 Å². The fourth-order valence-corrected chi connectivity index (χ4v) is 2.62. The van der Waals surface area contributed by atoms with Gasteiger partial charge in [-0.15, -0.1) is 0 Å². The second-order valence-electron chi connectivity index (χ2n) is 5.37. The lowest BCUT2D eigenvalue weighted by molar-refractivity contribution is -0.125. The van der Waals surface area contributed by atoms with Crippen LogP contribution in [0.1, 0.15) is 30.1 Å². The van der Waals surface area contributed by atoms with Gasteiger partial charge in [-0.2, -0.15) is 5.26 Å². The molecule has 1 aliphatic rings. The molecular weight excluding hydrogens is 327 g/mol. The van der Waals surface area contributed by atoms with E-state index in [9.17, 15) is 9.59 Å². The van der Waals surface area contributed by atoms with Crippen LogP contribution < -0.4 is 5.32 Å². The number of nitrogens with zero attached hydrogens (tertiary/aromatic N) is 1. The molecule has 0 aliphatic heterocycles. The third kappa shape index (κ3) is 4.12. The van der Waals surface area contributed by atoms with Gasteiger partial charge in [-0.05, 0) is 43.9 Å².